The van der Waals surface area contributed by atoms with E-state index in [1.165, 1.54) is 60.8 Å². The maximum absolute atomic E-state index is 2.31. The molecule has 0 radical (unpaired) electrons. The van der Waals surface area contributed by atoms with Crippen LogP contribution < -0.4 is 0 Å². The number of rotatable bonds is 8. The molecule has 0 aliphatic heterocycles. The second-order valence-electron chi connectivity index (χ2n) is 5.92. The van der Waals surface area contributed by atoms with Crippen molar-refractivity contribution in [3.05, 3.63) is 70.8 Å². The third-order valence-electron chi connectivity index (χ3n) is 4.22. The molecule has 0 unspecified atom stereocenters. The van der Waals surface area contributed by atoms with Gasteiger partial charge in [0.15, 0.2) is 0 Å². The van der Waals surface area contributed by atoms with Crippen LogP contribution in [0.5, 0.6) is 0 Å². The highest BCUT2D eigenvalue weighted by atomic mass is 14.1. The van der Waals surface area contributed by atoms with Gasteiger partial charge in [-0.3, -0.25) is 0 Å². The number of benzene rings is 2. The van der Waals surface area contributed by atoms with Crippen LogP contribution in [0.1, 0.15) is 61.8 Å². The monoisotopic (exact) mass is 280 g/mol. The summed E-state index contributed by atoms with van der Waals surface area (Å²) in [5.41, 5.74) is 6.08. The Morgan fingerprint density at radius 3 is 1.33 bits per heavy atom. The molecule has 2 aromatic carbocycles. The van der Waals surface area contributed by atoms with E-state index >= 15 is 0 Å². The van der Waals surface area contributed by atoms with Gasteiger partial charge in [-0.1, -0.05) is 75.2 Å². The van der Waals surface area contributed by atoms with E-state index in [0.717, 1.165) is 6.42 Å². The smallest absolute Gasteiger partial charge is 0.00203 e. The van der Waals surface area contributed by atoms with Gasteiger partial charge in [0, 0.05) is 0 Å². The third-order valence-corrected chi connectivity index (χ3v) is 4.22. The Balaban J connectivity index is 2.18. The van der Waals surface area contributed by atoms with E-state index in [1.54, 1.807) is 0 Å². The van der Waals surface area contributed by atoms with Crippen molar-refractivity contribution in [2.24, 2.45) is 0 Å². The van der Waals surface area contributed by atoms with Crippen LogP contribution in [-0.2, 0) is 19.3 Å². The Bertz CT molecular complexity index is 490. The number of unbranched alkanes of at least 4 members (excludes halogenated alkanes) is 2. The number of hydrogen-bond donors (Lipinski definition) is 0. The summed E-state index contributed by atoms with van der Waals surface area (Å²) in [4.78, 5) is 0. The molecule has 0 atom stereocenters. The van der Waals surface area contributed by atoms with E-state index in [-0.39, 0.29) is 0 Å². The largest absolute Gasteiger partial charge is 0.0654 e. The van der Waals surface area contributed by atoms with Gasteiger partial charge in [-0.25, -0.2) is 0 Å². The van der Waals surface area contributed by atoms with Crippen LogP contribution in [0, 0.1) is 0 Å². The van der Waals surface area contributed by atoms with Gasteiger partial charge in [0.25, 0.3) is 0 Å². The van der Waals surface area contributed by atoms with Gasteiger partial charge in [-0.15, -0.1) is 0 Å². The van der Waals surface area contributed by atoms with E-state index in [9.17, 15) is 0 Å². The van der Waals surface area contributed by atoms with E-state index in [0.29, 0.717) is 0 Å². The molecule has 0 aliphatic carbocycles. The molecule has 2 rings (SSSR count). The van der Waals surface area contributed by atoms with Crippen LogP contribution in [0.3, 0.4) is 0 Å². The van der Waals surface area contributed by atoms with Gasteiger partial charge in [0.2, 0.25) is 0 Å². The Hall–Kier alpha value is -1.56. The third kappa shape index (κ3) is 4.74. The van der Waals surface area contributed by atoms with Crippen molar-refractivity contribution in [3.8, 4) is 0 Å². The molecule has 21 heavy (non-hydrogen) atoms. The van der Waals surface area contributed by atoms with Crippen LogP contribution in [0.2, 0.25) is 0 Å². The van der Waals surface area contributed by atoms with Gasteiger partial charge < -0.3 is 0 Å². The lowest BCUT2D eigenvalue weighted by molar-refractivity contribution is 0.781. The molecule has 0 aromatic heterocycles. The predicted octanol–water partition coefficient (Wildman–Crippen LogP) is 5.96. The summed E-state index contributed by atoms with van der Waals surface area (Å²) in [7, 11) is 0. The van der Waals surface area contributed by atoms with E-state index in [4.69, 9.17) is 0 Å². The maximum Gasteiger partial charge on any atom is -0.00203 e. The van der Waals surface area contributed by atoms with Crippen molar-refractivity contribution in [2.75, 3.05) is 0 Å². The van der Waals surface area contributed by atoms with Crippen molar-refractivity contribution in [1.82, 2.24) is 0 Å². The zero-order chi connectivity index (χ0) is 14.9. The molecule has 2 aromatic rings. The highest BCUT2D eigenvalue weighted by molar-refractivity contribution is 5.36. The molecule has 0 fully saturated rings. The van der Waals surface area contributed by atoms with Crippen LogP contribution in [0.15, 0.2) is 48.5 Å². The minimum absolute atomic E-state index is 1.08. The molecule has 0 heteroatoms. The second-order valence-corrected chi connectivity index (χ2v) is 5.92. The molecule has 0 spiro atoms. The fraction of sp³-hybridized carbons (Fsp3) is 0.429. The molecule has 0 heterocycles. The summed E-state index contributed by atoms with van der Waals surface area (Å²) < 4.78 is 0. The lowest BCUT2D eigenvalue weighted by atomic mass is 9.93. The number of aryl methyl sites for hydroxylation is 2. The molecular weight excluding hydrogens is 252 g/mol. The van der Waals surface area contributed by atoms with Gasteiger partial charge in [0.05, 0.1) is 0 Å². The predicted molar refractivity (Wildman–Crippen MR) is 92.9 cm³/mol. The fourth-order valence-corrected chi connectivity index (χ4v) is 2.89. The molecule has 0 N–H and O–H groups in total. The highest BCUT2D eigenvalue weighted by Crippen LogP contribution is 2.20. The van der Waals surface area contributed by atoms with Crippen LogP contribution >= 0.6 is 0 Å². The zero-order valence-corrected chi connectivity index (χ0v) is 13.6. The lowest BCUT2D eigenvalue weighted by Crippen LogP contribution is -1.99. The molecular formula is C21H28. The average molecular weight is 280 g/mol. The molecule has 0 nitrogen and oxygen atoms in total. The summed E-state index contributed by atoms with van der Waals surface area (Å²) in [5.74, 6) is 0. The summed E-state index contributed by atoms with van der Waals surface area (Å²) in [6, 6.07) is 17.9. The first-order valence-electron chi connectivity index (χ1n) is 8.48. The Morgan fingerprint density at radius 2 is 0.952 bits per heavy atom. The second kappa shape index (κ2) is 8.67. The first kappa shape index (κ1) is 15.8. The highest BCUT2D eigenvalue weighted by Gasteiger charge is 2.06. The Kier molecular flexibility index (Phi) is 6.53. The van der Waals surface area contributed by atoms with Crippen molar-refractivity contribution in [2.45, 2.75) is 58.8 Å². The van der Waals surface area contributed by atoms with E-state index < -0.39 is 0 Å². The minimum Gasteiger partial charge on any atom is -0.0654 e. The summed E-state index contributed by atoms with van der Waals surface area (Å²) >= 11 is 0. The van der Waals surface area contributed by atoms with Crippen molar-refractivity contribution < 1.29 is 0 Å². The Labute approximate surface area is 130 Å². The topological polar surface area (TPSA) is 0 Å². The van der Waals surface area contributed by atoms with Crippen LogP contribution in [0.4, 0.5) is 0 Å². The fourth-order valence-electron chi connectivity index (χ4n) is 2.89. The normalized spacial score (nSPS) is 10.8. The van der Waals surface area contributed by atoms with Gasteiger partial charge in [-0.2, -0.15) is 0 Å². The SMILES string of the molecule is CCCCc1ccccc1Cc1ccccc1CCCC. The average Bonchev–Trinajstić information content (AvgIpc) is 2.53. The minimum atomic E-state index is 1.08. The molecule has 0 amide bonds. The lowest BCUT2D eigenvalue weighted by Gasteiger charge is -2.13. The van der Waals surface area contributed by atoms with Crippen molar-refractivity contribution >= 4 is 0 Å². The van der Waals surface area contributed by atoms with Crippen molar-refractivity contribution in [3.63, 3.8) is 0 Å². The maximum atomic E-state index is 2.31. The molecule has 0 aliphatic rings. The van der Waals surface area contributed by atoms with Crippen LogP contribution in [0.25, 0.3) is 0 Å². The van der Waals surface area contributed by atoms with Gasteiger partial charge in [0.1, 0.15) is 0 Å². The Morgan fingerprint density at radius 1 is 0.571 bits per heavy atom. The first-order chi connectivity index (χ1) is 10.3. The molecule has 0 saturated heterocycles. The van der Waals surface area contributed by atoms with Crippen LogP contribution in [-0.4, -0.2) is 0 Å². The summed E-state index contributed by atoms with van der Waals surface area (Å²) in [6.07, 6.45) is 8.61. The van der Waals surface area contributed by atoms with E-state index in [2.05, 4.69) is 62.4 Å². The number of hydrogen-bond acceptors (Lipinski definition) is 0. The molecule has 0 saturated carbocycles. The quantitative estimate of drug-likeness (QED) is 0.559. The van der Waals surface area contributed by atoms with Gasteiger partial charge >= 0.3 is 0 Å². The summed E-state index contributed by atoms with van der Waals surface area (Å²) in [5, 5.41) is 0. The van der Waals surface area contributed by atoms with E-state index in [1.807, 2.05) is 0 Å². The first-order valence-corrected chi connectivity index (χ1v) is 8.48. The van der Waals surface area contributed by atoms with Crippen molar-refractivity contribution in [1.29, 1.82) is 0 Å². The molecule has 0 bridgehead atoms. The van der Waals surface area contributed by atoms with Gasteiger partial charge in [-0.05, 0) is 54.4 Å². The standard InChI is InChI=1S/C21H28/c1-3-5-11-18-13-7-9-15-20(18)17-21-16-10-8-14-19(21)12-6-4-2/h7-10,13-16H,3-6,11-12,17H2,1-2H3. The summed E-state index contributed by atoms with van der Waals surface area (Å²) in [6.45, 7) is 4.53. The zero-order valence-electron chi connectivity index (χ0n) is 13.6. The molecule has 112 valence electrons.